The highest BCUT2D eigenvalue weighted by Crippen LogP contribution is 2.10. The molecule has 2 rings (SSSR count). The fourth-order valence-corrected chi connectivity index (χ4v) is 1.68. The number of carbonyl (C=O) groups is 2. The Labute approximate surface area is 114 Å². The van der Waals surface area contributed by atoms with Gasteiger partial charge in [-0.05, 0) is 5.56 Å². The highest BCUT2D eigenvalue weighted by Gasteiger charge is 2.20. The number of carboxylic acid groups (broad SMARTS) is 1. The van der Waals surface area contributed by atoms with Crippen LogP contribution in [0.15, 0.2) is 36.4 Å². The van der Waals surface area contributed by atoms with Crippen molar-refractivity contribution in [2.75, 3.05) is 7.11 Å². The molecule has 0 aliphatic rings. The molecule has 104 valence electrons. The maximum Gasteiger partial charge on any atom is 0.390 e. The molecule has 1 aromatic heterocycles. The quantitative estimate of drug-likeness (QED) is 0.654. The molecule has 0 unspecified atom stereocenters. The van der Waals surface area contributed by atoms with E-state index in [2.05, 4.69) is 14.9 Å². The van der Waals surface area contributed by atoms with E-state index < -0.39 is 11.9 Å². The van der Waals surface area contributed by atoms with Gasteiger partial charge in [-0.3, -0.25) is 9.57 Å². The normalized spacial score (nSPS) is 10.2. The number of benzene rings is 1. The summed E-state index contributed by atoms with van der Waals surface area (Å²) in [4.78, 5) is 31.3. The molecule has 20 heavy (non-hydrogen) atoms. The molecule has 0 saturated heterocycles. The molecule has 0 fully saturated rings. The summed E-state index contributed by atoms with van der Waals surface area (Å²) in [5, 5.41) is 12.8. The maximum atomic E-state index is 11.7. The summed E-state index contributed by atoms with van der Waals surface area (Å²) >= 11 is 0. The van der Waals surface area contributed by atoms with Crippen LogP contribution >= 0.6 is 0 Å². The minimum absolute atomic E-state index is 0.00750. The molecule has 7 nitrogen and oxygen atoms in total. The first kappa shape index (κ1) is 13.8. The van der Waals surface area contributed by atoms with E-state index in [-0.39, 0.29) is 17.9 Å². The molecule has 0 aliphatic carbocycles. The van der Waals surface area contributed by atoms with E-state index in [0.29, 0.717) is 0 Å². The Balaban J connectivity index is 2.34. The lowest BCUT2D eigenvalue weighted by Gasteiger charge is -2.05. The summed E-state index contributed by atoms with van der Waals surface area (Å²) in [5.74, 6) is -2.02. The number of carbonyl (C=O) groups excluding carboxylic acids is 1. The molecular formula is C13H12N2O5. The first-order valence-electron chi connectivity index (χ1n) is 5.72. The van der Waals surface area contributed by atoms with Gasteiger partial charge in [0.15, 0.2) is 11.4 Å². The molecule has 1 heterocycles. The van der Waals surface area contributed by atoms with Gasteiger partial charge in [-0.25, -0.2) is 9.59 Å². The first-order valence-corrected chi connectivity index (χ1v) is 5.72. The van der Waals surface area contributed by atoms with Crippen LogP contribution in [-0.2, 0) is 16.3 Å². The molecule has 0 bridgehead atoms. The Morgan fingerprint density at radius 1 is 1.30 bits per heavy atom. The van der Waals surface area contributed by atoms with Gasteiger partial charge in [-0.2, -0.15) is 9.99 Å². The van der Waals surface area contributed by atoms with Gasteiger partial charge >= 0.3 is 11.9 Å². The van der Waals surface area contributed by atoms with Crippen molar-refractivity contribution < 1.29 is 24.5 Å². The van der Waals surface area contributed by atoms with Crippen molar-refractivity contribution in [2.24, 2.45) is 0 Å². The van der Waals surface area contributed by atoms with E-state index >= 15 is 0 Å². The van der Waals surface area contributed by atoms with Crippen LogP contribution in [0.5, 0.6) is 0 Å². The van der Waals surface area contributed by atoms with Crippen LogP contribution in [-0.4, -0.2) is 33.9 Å². The molecule has 7 heteroatoms. The zero-order valence-electron chi connectivity index (χ0n) is 10.6. The fourth-order valence-electron chi connectivity index (χ4n) is 1.68. The van der Waals surface area contributed by atoms with Crippen molar-refractivity contribution in [2.45, 2.75) is 6.54 Å². The van der Waals surface area contributed by atoms with Crippen LogP contribution in [0.3, 0.4) is 0 Å². The largest absolute Gasteiger partial charge is 0.476 e. The average molecular weight is 276 g/mol. The van der Waals surface area contributed by atoms with Crippen molar-refractivity contribution in [3.63, 3.8) is 0 Å². The molecule has 0 atom stereocenters. The molecule has 1 aromatic carbocycles. The van der Waals surface area contributed by atoms with Crippen molar-refractivity contribution in [3.8, 4) is 0 Å². The van der Waals surface area contributed by atoms with Crippen molar-refractivity contribution in [3.05, 3.63) is 53.3 Å². The fraction of sp³-hybridized carbons (Fsp3) is 0.154. The third kappa shape index (κ3) is 3.01. The second kappa shape index (κ2) is 5.98. The standard InChI is InChI=1S/C13H12N2O5/c1-19-20-13(18)11-7-10(12(16)17)14-15(11)8-9-5-3-2-4-6-9/h2-7H,8H2,1H3,(H,16,17). The third-order valence-electron chi connectivity index (χ3n) is 2.54. The second-order valence-electron chi connectivity index (χ2n) is 3.90. The average Bonchev–Trinajstić information content (AvgIpc) is 2.84. The lowest BCUT2D eigenvalue weighted by atomic mass is 10.2. The Morgan fingerprint density at radius 3 is 2.60 bits per heavy atom. The molecule has 0 amide bonds. The minimum atomic E-state index is -1.22. The van der Waals surface area contributed by atoms with Gasteiger partial charge < -0.3 is 5.11 Å². The highest BCUT2D eigenvalue weighted by atomic mass is 17.2. The van der Waals surface area contributed by atoms with Crippen molar-refractivity contribution in [1.29, 1.82) is 0 Å². The highest BCUT2D eigenvalue weighted by molar-refractivity contribution is 5.92. The lowest BCUT2D eigenvalue weighted by molar-refractivity contribution is -0.216. The van der Waals surface area contributed by atoms with Crippen LogP contribution in [0, 0.1) is 0 Å². The molecule has 0 radical (unpaired) electrons. The zero-order chi connectivity index (χ0) is 14.5. The van der Waals surface area contributed by atoms with Crippen LogP contribution in [0.1, 0.15) is 26.5 Å². The summed E-state index contributed by atoms with van der Waals surface area (Å²) in [6, 6.07) is 10.4. The summed E-state index contributed by atoms with van der Waals surface area (Å²) in [6.45, 7) is 0.252. The molecular weight excluding hydrogens is 264 g/mol. The van der Waals surface area contributed by atoms with Crippen molar-refractivity contribution in [1.82, 2.24) is 9.78 Å². The molecule has 2 aromatic rings. The number of hydrogen-bond donors (Lipinski definition) is 1. The maximum absolute atomic E-state index is 11.7. The van der Waals surface area contributed by atoms with E-state index in [0.717, 1.165) is 11.6 Å². The van der Waals surface area contributed by atoms with Crippen molar-refractivity contribution >= 4 is 11.9 Å². The van der Waals surface area contributed by atoms with E-state index in [1.54, 1.807) is 0 Å². The predicted octanol–water partition coefficient (Wildman–Crippen LogP) is 1.35. The Hall–Kier alpha value is -2.67. The van der Waals surface area contributed by atoms with E-state index in [1.165, 1.54) is 11.8 Å². The van der Waals surface area contributed by atoms with Crippen LogP contribution in [0.25, 0.3) is 0 Å². The Kier molecular flexibility index (Phi) is 4.11. The topological polar surface area (TPSA) is 90.7 Å². The van der Waals surface area contributed by atoms with Gasteiger partial charge in [0.2, 0.25) is 0 Å². The summed E-state index contributed by atoms with van der Waals surface area (Å²) in [5.41, 5.74) is 0.649. The van der Waals surface area contributed by atoms with Gasteiger partial charge in [0.1, 0.15) is 0 Å². The number of aromatic nitrogens is 2. The molecule has 1 N–H and O–H groups in total. The number of rotatable bonds is 5. The molecule has 0 aliphatic heterocycles. The predicted molar refractivity (Wildman–Crippen MR) is 67.2 cm³/mol. The van der Waals surface area contributed by atoms with Crippen LogP contribution in [0.4, 0.5) is 0 Å². The van der Waals surface area contributed by atoms with Crippen LogP contribution in [0.2, 0.25) is 0 Å². The zero-order valence-corrected chi connectivity index (χ0v) is 10.6. The van der Waals surface area contributed by atoms with E-state index in [1.807, 2.05) is 30.3 Å². The van der Waals surface area contributed by atoms with Gasteiger partial charge in [0.05, 0.1) is 13.7 Å². The van der Waals surface area contributed by atoms with E-state index in [9.17, 15) is 9.59 Å². The second-order valence-corrected chi connectivity index (χ2v) is 3.90. The monoisotopic (exact) mass is 276 g/mol. The number of hydrogen-bond acceptors (Lipinski definition) is 5. The smallest absolute Gasteiger partial charge is 0.390 e. The summed E-state index contributed by atoms with van der Waals surface area (Å²) in [7, 11) is 1.19. The third-order valence-corrected chi connectivity index (χ3v) is 2.54. The minimum Gasteiger partial charge on any atom is -0.476 e. The Morgan fingerprint density at radius 2 is 2.00 bits per heavy atom. The van der Waals surface area contributed by atoms with E-state index in [4.69, 9.17) is 5.11 Å². The first-order chi connectivity index (χ1) is 9.61. The summed E-state index contributed by atoms with van der Waals surface area (Å²) < 4.78 is 1.26. The molecule has 0 spiro atoms. The lowest BCUT2D eigenvalue weighted by Crippen LogP contribution is -2.13. The summed E-state index contributed by atoms with van der Waals surface area (Å²) in [6.07, 6.45) is 0. The van der Waals surface area contributed by atoms with Gasteiger partial charge in [0, 0.05) is 6.07 Å². The Bertz CT molecular complexity index is 621. The van der Waals surface area contributed by atoms with Gasteiger partial charge in [-0.1, -0.05) is 30.3 Å². The van der Waals surface area contributed by atoms with Crippen LogP contribution < -0.4 is 0 Å². The number of aromatic carboxylic acids is 1. The van der Waals surface area contributed by atoms with Gasteiger partial charge in [-0.15, -0.1) is 0 Å². The molecule has 0 saturated carbocycles. The SMILES string of the molecule is COOC(=O)c1cc(C(=O)O)nn1Cc1ccccc1. The number of nitrogens with zero attached hydrogens (tertiary/aromatic N) is 2. The van der Waals surface area contributed by atoms with Gasteiger partial charge in [0.25, 0.3) is 0 Å². The number of carboxylic acids is 1.